The highest BCUT2D eigenvalue weighted by atomic mass is 16.6. The van der Waals surface area contributed by atoms with Crippen molar-refractivity contribution < 1.29 is 14.5 Å². The third-order valence-corrected chi connectivity index (χ3v) is 2.39. The number of carbonyl (C=O) groups is 1. The van der Waals surface area contributed by atoms with Gasteiger partial charge in [0.15, 0.2) is 5.82 Å². The van der Waals surface area contributed by atoms with Crippen molar-refractivity contribution in [1.29, 1.82) is 0 Å². The lowest BCUT2D eigenvalue weighted by Crippen LogP contribution is -2.11. The summed E-state index contributed by atoms with van der Waals surface area (Å²) in [7, 11) is 1.29. The normalized spacial score (nSPS) is 10.2. The Kier molecular flexibility index (Phi) is 3.51. The molecule has 2 aromatic rings. The van der Waals surface area contributed by atoms with Crippen LogP contribution < -0.4 is 0 Å². The molecule has 1 aromatic heterocycles. The molecule has 0 saturated heterocycles. The smallest absolute Gasteiger partial charge is 0.327 e. The third kappa shape index (κ3) is 2.92. The van der Waals surface area contributed by atoms with Gasteiger partial charge in [0.1, 0.15) is 12.9 Å². The van der Waals surface area contributed by atoms with Gasteiger partial charge in [0, 0.05) is 17.7 Å². The number of hydrogen-bond donors (Lipinski definition) is 0. The number of rotatable bonds is 4. The summed E-state index contributed by atoms with van der Waals surface area (Å²) in [6.07, 6.45) is 1.40. The van der Waals surface area contributed by atoms with E-state index in [0.29, 0.717) is 11.4 Å². The van der Waals surface area contributed by atoms with Crippen LogP contribution >= 0.6 is 0 Å². The van der Waals surface area contributed by atoms with Gasteiger partial charge in [-0.3, -0.25) is 14.9 Å². The zero-order valence-electron chi connectivity index (χ0n) is 10.0. The largest absolute Gasteiger partial charge is 0.468 e. The van der Waals surface area contributed by atoms with E-state index in [4.69, 9.17) is 0 Å². The van der Waals surface area contributed by atoms with E-state index in [9.17, 15) is 14.9 Å². The Morgan fingerprint density at radius 2 is 2.11 bits per heavy atom. The number of nitro groups is 1. The molecule has 0 amide bonds. The molecular weight excluding hydrogens is 252 g/mol. The molecule has 0 aliphatic heterocycles. The van der Waals surface area contributed by atoms with Crippen LogP contribution in [0.1, 0.15) is 0 Å². The fraction of sp³-hybridized carbons (Fsp3) is 0.182. The van der Waals surface area contributed by atoms with Crippen molar-refractivity contribution in [2.24, 2.45) is 0 Å². The summed E-state index contributed by atoms with van der Waals surface area (Å²) in [4.78, 5) is 25.1. The summed E-state index contributed by atoms with van der Waals surface area (Å²) in [6.45, 7) is -0.0313. The maximum atomic E-state index is 11.1. The lowest BCUT2D eigenvalue weighted by atomic mass is 10.2. The highest BCUT2D eigenvalue weighted by Gasteiger charge is 2.09. The topological polar surface area (TPSA) is 100 Å². The third-order valence-electron chi connectivity index (χ3n) is 2.39. The molecule has 0 atom stereocenters. The van der Waals surface area contributed by atoms with Gasteiger partial charge in [-0.2, -0.15) is 5.10 Å². The summed E-state index contributed by atoms with van der Waals surface area (Å²) in [6, 6.07) is 5.85. The van der Waals surface area contributed by atoms with Gasteiger partial charge in [0.2, 0.25) is 0 Å². The molecule has 8 heteroatoms. The minimum atomic E-state index is -0.479. The van der Waals surface area contributed by atoms with Crippen molar-refractivity contribution in [2.75, 3.05) is 7.11 Å². The molecular formula is C11H10N4O4. The van der Waals surface area contributed by atoms with Crippen LogP contribution in [0.3, 0.4) is 0 Å². The van der Waals surface area contributed by atoms with E-state index in [1.165, 1.54) is 30.3 Å². The second kappa shape index (κ2) is 5.25. The predicted octanol–water partition coefficient (Wildman–Crippen LogP) is 1.03. The molecule has 0 fully saturated rings. The van der Waals surface area contributed by atoms with Crippen LogP contribution in [0.15, 0.2) is 30.6 Å². The molecule has 1 heterocycles. The van der Waals surface area contributed by atoms with Gasteiger partial charge in [-0.15, -0.1) is 0 Å². The van der Waals surface area contributed by atoms with Crippen LogP contribution in [0.5, 0.6) is 0 Å². The summed E-state index contributed by atoms with van der Waals surface area (Å²) < 4.78 is 5.84. The molecule has 0 aliphatic carbocycles. The van der Waals surface area contributed by atoms with E-state index >= 15 is 0 Å². The maximum absolute atomic E-state index is 11.1. The molecule has 0 unspecified atom stereocenters. The van der Waals surface area contributed by atoms with Crippen LogP contribution in [-0.4, -0.2) is 32.8 Å². The van der Waals surface area contributed by atoms with E-state index in [1.54, 1.807) is 12.1 Å². The summed E-state index contributed by atoms with van der Waals surface area (Å²) in [5.41, 5.74) is 0.631. The van der Waals surface area contributed by atoms with Crippen LogP contribution in [-0.2, 0) is 16.1 Å². The maximum Gasteiger partial charge on any atom is 0.327 e. The second-order valence-corrected chi connectivity index (χ2v) is 3.65. The fourth-order valence-corrected chi connectivity index (χ4v) is 1.43. The number of hydrogen-bond acceptors (Lipinski definition) is 6. The molecule has 2 rings (SSSR count). The molecule has 0 N–H and O–H groups in total. The lowest BCUT2D eigenvalue weighted by Gasteiger charge is -1.98. The molecule has 1 aromatic carbocycles. The van der Waals surface area contributed by atoms with Gasteiger partial charge < -0.3 is 4.74 Å². The Bertz CT molecular complexity index is 605. The first-order valence-corrected chi connectivity index (χ1v) is 5.31. The van der Waals surface area contributed by atoms with Crippen LogP contribution in [0.4, 0.5) is 5.69 Å². The van der Waals surface area contributed by atoms with E-state index < -0.39 is 10.9 Å². The second-order valence-electron chi connectivity index (χ2n) is 3.65. The lowest BCUT2D eigenvalue weighted by molar-refractivity contribution is -0.384. The molecule has 0 radical (unpaired) electrons. The van der Waals surface area contributed by atoms with E-state index in [-0.39, 0.29) is 12.2 Å². The van der Waals surface area contributed by atoms with Gasteiger partial charge in [-0.05, 0) is 12.1 Å². The molecule has 8 nitrogen and oxygen atoms in total. The minimum absolute atomic E-state index is 0.00209. The van der Waals surface area contributed by atoms with Crippen LogP contribution in [0, 0.1) is 10.1 Å². The quantitative estimate of drug-likeness (QED) is 0.463. The van der Waals surface area contributed by atoms with Gasteiger partial charge in [-0.25, -0.2) is 9.67 Å². The van der Waals surface area contributed by atoms with Gasteiger partial charge in [-0.1, -0.05) is 0 Å². The van der Waals surface area contributed by atoms with Crippen molar-refractivity contribution >= 4 is 11.7 Å². The molecule has 0 spiro atoms. The molecule has 0 bridgehead atoms. The number of methoxy groups -OCH3 is 1. The number of esters is 1. The Labute approximate surface area is 107 Å². The van der Waals surface area contributed by atoms with Crippen molar-refractivity contribution in [3.8, 4) is 11.4 Å². The average molecular weight is 262 g/mol. The molecule has 98 valence electrons. The Balaban J connectivity index is 2.18. The molecule has 0 aliphatic rings. The van der Waals surface area contributed by atoms with Crippen LogP contribution in [0.25, 0.3) is 11.4 Å². The van der Waals surface area contributed by atoms with Crippen molar-refractivity contribution in [3.63, 3.8) is 0 Å². The zero-order chi connectivity index (χ0) is 13.8. The highest BCUT2D eigenvalue weighted by Crippen LogP contribution is 2.18. The molecule has 0 saturated carbocycles. The predicted molar refractivity (Wildman–Crippen MR) is 64.1 cm³/mol. The minimum Gasteiger partial charge on any atom is -0.468 e. The zero-order valence-corrected chi connectivity index (χ0v) is 10.0. The van der Waals surface area contributed by atoms with Crippen molar-refractivity contribution in [2.45, 2.75) is 6.54 Å². The number of nitro benzene ring substituents is 1. The molecule has 19 heavy (non-hydrogen) atoms. The first kappa shape index (κ1) is 12.7. The number of carbonyl (C=O) groups excluding carboxylic acids is 1. The summed E-state index contributed by atoms with van der Waals surface area (Å²) >= 11 is 0. The van der Waals surface area contributed by atoms with Gasteiger partial charge >= 0.3 is 5.97 Å². The average Bonchev–Trinajstić information content (AvgIpc) is 2.87. The van der Waals surface area contributed by atoms with Gasteiger partial charge in [0.25, 0.3) is 5.69 Å². The first-order chi connectivity index (χ1) is 9.10. The van der Waals surface area contributed by atoms with Crippen LogP contribution in [0.2, 0.25) is 0 Å². The Morgan fingerprint density at radius 1 is 1.42 bits per heavy atom. The fourth-order valence-electron chi connectivity index (χ4n) is 1.43. The van der Waals surface area contributed by atoms with E-state index in [0.717, 1.165) is 0 Å². The SMILES string of the molecule is COC(=O)Cn1cnc(-c2ccc([N+](=O)[O-])cc2)n1. The number of ether oxygens (including phenoxy) is 1. The monoisotopic (exact) mass is 262 g/mol. The number of aromatic nitrogens is 3. The Hall–Kier alpha value is -2.77. The standard InChI is InChI=1S/C11H10N4O4/c1-19-10(16)6-14-7-12-11(13-14)8-2-4-9(5-3-8)15(17)18/h2-5,7H,6H2,1H3. The van der Waals surface area contributed by atoms with Crippen molar-refractivity contribution in [3.05, 3.63) is 40.7 Å². The first-order valence-electron chi connectivity index (χ1n) is 5.31. The van der Waals surface area contributed by atoms with Gasteiger partial charge in [0.05, 0.1) is 12.0 Å². The number of benzene rings is 1. The number of nitrogens with zero attached hydrogens (tertiary/aromatic N) is 4. The van der Waals surface area contributed by atoms with E-state index in [2.05, 4.69) is 14.8 Å². The number of non-ortho nitro benzene ring substituents is 1. The highest BCUT2D eigenvalue weighted by molar-refractivity contribution is 5.68. The Morgan fingerprint density at radius 3 is 2.68 bits per heavy atom. The van der Waals surface area contributed by atoms with Crippen molar-refractivity contribution in [1.82, 2.24) is 14.8 Å². The summed E-state index contributed by atoms with van der Waals surface area (Å²) in [5, 5.41) is 14.6. The summed E-state index contributed by atoms with van der Waals surface area (Å²) in [5.74, 6) is -0.0426. The van der Waals surface area contributed by atoms with E-state index in [1.807, 2.05) is 0 Å².